The number of nitrogens with two attached hydrogens (primary N) is 1. The molecular weight excluding hydrogens is 579 g/mol. The average molecular weight is 615 g/mol. The van der Waals surface area contributed by atoms with Crippen LogP contribution in [-0.4, -0.2) is 88.3 Å². The second kappa shape index (κ2) is 17.4. The molecule has 3 atom stereocenters. The zero-order chi connectivity index (χ0) is 28.0. The van der Waals surface area contributed by atoms with E-state index in [1.807, 2.05) is 17.0 Å². The number of fused-ring (bicyclic) bond motifs is 1. The first-order valence-electron chi connectivity index (χ1n) is 12.5. The molecule has 3 rings (SSSR count). The number of hydrogen-bond acceptors (Lipinski definition) is 13. The molecule has 16 heteroatoms. The molecule has 11 nitrogen and oxygen atoms in total. The van der Waals surface area contributed by atoms with Crippen molar-refractivity contribution in [3.05, 3.63) is 18.1 Å². The third-order valence-electron chi connectivity index (χ3n) is 5.63. The summed E-state index contributed by atoms with van der Waals surface area (Å²) < 4.78 is 19.5. The van der Waals surface area contributed by atoms with Crippen LogP contribution in [0.5, 0.6) is 0 Å². The van der Waals surface area contributed by atoms with Crippen molar-refractivity contribution in [3.8, 4) is 11.8 Å². The summed E-state index contributed by atoms with van der Waals surface area (Å²) in [5.41, 5.74) is 7.50. The van der Waals surface area contributed by atoms with Gasteiger partial charge in [-0.25, -0.2) is 14.8 Å². The topological polar surface area (TPSA) is 146 Å². The molecule has 1 aliphatic rings. The summed E-state index contributed by atoms with van der Waals surface area (Å²) in [4.78, 5) is 20.6. The minimum Gasteiger partial charge on any atom is -0.449 e. The Morgan fingerprint density at radius 3 is 2.95 bits per heavy atom. The molecule has 0 aromatic carbocycles. The summed E-state index contributed by atoms with van der Waals surface area (Å²) in [6.45, 7) is 4.90. The number of amides is 1. The van der Waals surface area contributed by atoms with Gasteiger partial charge in [-0.05, 0) is 26.0 Å². The van der Waals surface area contributed by atoms with E-state index in [1.54, 1.807) is 50.0 Å². The standard InChI is InChI=1S/C23H35BN6O5S4/c1-4-17-18(34-15-39-36-3)12-19(35-17)30-13-16(20-21(25)27-14-28-22(20)30)6-5-7-26-23(31)33-9-11-38-37-10-8-29-24(2)32/h13-14,17-19,29,32H,4,7-12,15H2,1-3H3,(H,26,31)(H2,25,27,28)/t17-,18-,19-/m1/s1. The Kier molecular flexibility index (Phi) is 14.3. The van der Waals surface area contributed by atoms with Crippen molar-refractivity contribution in [3.63, 3.8) is 0 Å². The van der Waals surface area contributed by atoms with E-state index in [-0.39, 0.29) is 25.0 Å². The van der Waals surface area contributed by atoms with Crippen molar-refractivity contribution in [2.24, 2.45) is 0 Å². The Hall–Kier alpha value is -1.45. The van der Waals surface area contributed by atoms with E-state index in [4.69, 9.17) is 25.0 Å². The van der Waals surface area contributed by atoms with E-state index in [2.05, 4.69) is 39.3 Å². The van der Waals surface area contributed by atoms with E-state index in [0.717, 1.165) is 12.2 Å². The van der Waals surface area contributed by atoms with E-state index < -0.39 is 13.1 Å². The number of aromatic nitrogens is 3. The molecule has 214 valence electrons. The van der Waals surface area contributed by atoms with Gasteiger partial charge in [0.2, 0.25) is 0 Å². The van der Waals surface area contributed by atoms with Gasteiger partial charge in [0, 0.05) is 24.1 Å². The van der Waals surface area contributed by atoms with Crippen LogP contribution in [0.2, 0.25) is 6.82 Å². The van der Waals surface area contributed by atoms with Gasteiger partial charge in [-0.2, -0.15) is 0 Å². The minimum atomic E-state index is -0.522. The van der Waals surface area contributed by atoms with Crippen LogP contribution in [0, 0.1) is 11.8 Å². The normalized spacial score (nSPS) is 18.6. The van der Waals surface area contributed by atoms with Crippen LogP contribution in [-0.2, 0) is 14.2 Å². The molecule has 0 aliphatic carbocycles. The predicted molar refractivity (Wildman–Crippen MR) is 165 cm³/mol. The highest BCUT2D eigenvalue weighted by Crippen LogP contribution is 2.37. The lowest BCUT2D eigenvalue weighted by Crippen LogP contribution is -2.32. The number of anilines is 1. The van der Waals surface area contributed by atoms with Crippen LogP contribution in [0.15, 0.2) is 12.5 Å². The largest absolute Gasteiger partial charge is 0.449 e. The maximum Gasteiger partial charge on any atom is 0.407 e. The molecular formula is C23H35BN6O5S4. The second-order valence-corrected chi connectivity index (χ2v) is 13.6. The van der Waals surface area contributed by atoms with Crippen molar-refractivity contribution < 1.29 is 24.0 Å². The Labute approximate surface area is 245 Å². The molecule has 1 aliphatic heterocycles. The molecule has 0 bridgehead atoms. The molecule has 1 fully saturated rings. The van der Waals surface area contributed by atoms with E-state index in [9.17, 15) is 4.79 Å². The first kappa shape index (κ1) is 32.1. The fourth-order valence-electron chi connectivity index (χ4n) is 3.90. The van der Waals surface area contributed by atoms with Gasteiger partial charge in [-0.1, -0.05) is 61.9 Å². The quantitative estimate of drug-likeness (QED) is 0.0767. The maximum atomic E-state index is 12.0. The van der Waals surface area contributed by atoms with Crippen molar-refractivity contribution in [2.75, 3.05) is 49.1 Å². The van der Waals surface area contributed by atoms with Crippen molar-refractivity contribution in [1.82, 2.24) is 25.1 Å². The number of nitrogens with zero attached hydrogens (tertiary/aromatic N) is 3. The lowest BCUT2D eigenvalue weighted by molar-refractivity contribution is -0.0295. The molecule has 0 saturated carbocycles. The number of nitrogens with one attached hydrogen (secondary N) is 2. The SMILES string of the molecule is CC[C@H]1O[C@@H](n2cc(C#CCNC(=O)OCCSSCCNB(C)O)c3c(N)ncnc32)C[C@H]1OCSSC. The first-order chi connectivity index (χ1) is 18.9. The van der Waals surface area contributed by atoms with Gasteiger partial charge in [0.25, 0.3) is 0 Å². The van der Waals surface area contributed by atoms with Crippen molar-refractivity contribution in [2.45, 2.75) is 45.0 Å². The molecule has 1 amide bonds. The van der Waals surface area contributed by atoms with Crippen LogP contribution < -0.4 is 16.3 Å². The molecule has 1 saturated heterocycles. The van der Waals surface area contributed by atoms with Gasteiger partial charge in [-0.15, -0.1) is 0 Å². The number of alkyl carbamates (subject to hydrolysis) is 1. The van der Waals surface area contributed by atoms with Crippen LogP contribution >= 0.6 is 43.2 Å². The Bertz CT molecular complexity index is 1120. The third kappa shape index (κ3) is 10.2. The first-order valence-corrected chi connectivity index (χ1v) is 17.7. The van der Waals surface area contributed by atoms with Gasteiger partial charge in [-0.3, -0.25) is 0 Å². The number of nitrogen functional groups attached to an aromatic ring is 1. The van der Waals surface area contributed by atoms with Gasteiger partial charge in [0.05, 0.1) is 29.7 Å². The fraction of sp³-hybridized carbons (Fsp3) is 0.609. The van der Waals surface area contributed by atoms with E-state index >= 15 is 0 Å². The van der Waals surface area contributed by atoms with Crippen LogP contribution in [0.1, 0.15) is 31.6 Å². The van der Waals surface area contributed by atoms with E-state index in [0.29, 0.717) is 53.7 Å². The average Bonchev–Trinajstić information content (AvgIpc) is 3.50. The molecule has 0 spiro atoms. The molecule has 39 heavy (non-hydrogen) atoms. The number of rotatable bonds is 15. The summed E-state index contributed by atoms with van der Waals surface area (Å²) >= 11 is 0. The number of carbonyl (C=O) groups is 1. The number of ether oxygens (including phenoxy) is 3. The van der Waals surface area contributed by atoms with Crippen LogP contribution in [0.3, 0.4) is 0 Å². The predicted octanol–water partition coefficient (Wildman–Crippen LogP) is 3.22. The van der Waals surface area contributed by atoms with Gasteiger partial charge >= 0.3 is 13.1 Å². The molecule has 2 aromatic heterocycles. The Morgan fingerprint density at radius 2 is 2.18 bits per heavy atom. The summed E-state index contributed by atoms with van der Waals surface area (Å²) in [6, 6.07) is 0. The Balaban J connectivity index is 1.53. The fourth-order valence-corrected chi connectivity index (χ4v) is 6.43. The zero-order valence-electron chi connectivity index (χ0n) is 22.3. The third-order valence-corrected chi connectivity index (χ3v) is 9.47. The van der Waals surface area contributed by atoms with Gasteiger partial charge in [0.1, 0.15) is 36.6 Å². The highest BCUT2D eigenvalue weighted by Gasteiger charge is 2.37. The van der Waals surface area contributed by atoms with Crippen molar-refractivity contribution in [1.29, 1.82) is 0 Å². The molecule has 2 aromatic rings. The number of carbonyl (C=O) groups excluding carboxylic acids is 1. The highest BCUT2D eigenvalue weighted by atomic mass is 33.1. The molecule has 5 N–H and O–H groups in total. The zero-order valence-corrected chi connectivity index (χ0v) is 25.5. The highest BCUT2D eigenvalue weighted by molar-refractivity contribution is 8.76. The van der Waals surface area contributed by atoms with Gasteiger partial charge in [0.15, 0.2) is 0 Å². The molecule has 0 unspecified atom stereocenters. The Morgan fingerprint density at radius 1 is 1.36 bits per heavy atom. The summed E-state index contributed by atoms with van der Waals surface area (Å²) in [5, 5.41) is 15.4. The monoisotopic (exact) mass is 614 g/mol. The summed E-state index contributed by atoms with van der Waals surface area (Å²) in [7, 11) is 6.09. The second-order valence-electron chi connectivity index (χ2n) is 8.35. The number of hydrogen-bond donors (Lipinski definition) is 4. The maximum absolute atomic E-state index is 12.0. The van der Waals surface area contributed by atoms with Crippen LogP contribution in [0.4, 0.5) is 10.6 Å². The molecule has 0 radical (unpaired) electrons. The summed E-state index contributed by atoms with van der Waals surface area (Å²) in [6.07, 6.45) is 6.07. The van der Waals surface area contributed by atoms with E-state index in [1.165, 1.54) is 6.33 Å². The summed E-state index contributed by atoms with van der Waals surface area (Å²) in [5.74, 6) is 8.50. The van der Waals surface area contributed by atoms with Crippen molar-refractivity contribution >= 4 is 73.2 Å². The lowest BCUT2D eigenvalue weighted by atomic mass is 9.89. The van der Waals surface area contributed by atoms with Crippen LogP contribution in [0.25, 0.3) is 11.0 Å². The van der Waals surface area contributed by atoms with Gasteiger partial charge < -0.3 is 40.1 Å². The minimum absolute atomic E-state index is 0.00916. The lowest BCUT2D eigenvalue weighted by Gasteiger charge is -2.16. The smallest absolute Gasteiger partial charge is 0.407 e. The molecule has 3 heterocycles.